The normalized spacial score (nSPS) is 21.4. The summed E-state index contributed by atoms with van der Waals surface area (Å²) in [4.78, 5) is 25.8. The van der Waals surface area contributed by atoms with Crippen LogP contribution in [0.25, 0.3) is 0 Å². The van der Waals surface area contributed by atoms with Gasteiger partial charge in [-0.15, -0.1) is 0 Å². The van der Waals surface area contributed by atoms with Crippen LogP contribution in [0.4, 0.5) is 13.6 Å². The van der Waals surface area contributed by atoms with Gasteiger partial charge in [-0.3, -0.25) is 9.69 Å². The molecule has 0 saturated carbocycles. The second kappa shape index (κ2) is 6.25. The number of imide groups is 1. The van der Waals surface area contributed by atoms with Gasteiger partial charge in [-0.25, -0.2) is 13.6 Å². The lowest BCUT2D eigenvalue weighted by Gasteiger charge is -2.23. The average Bonchev–Trinajstić information content (AvgIpc) is 2.79. The Labute approximate surface area is 142 Å². The Hall–Kier alpha value is -2.80. The lowest BCUT2D eigenvalue weighted by atomic mass is 9.92. The maximum absolute atomic E-state index is 13.3. The van der Waals surface area contributed by atoms with Gasteiger partial charge in [0, 0.05) is 0 Å². The standard InChI is InChI=1S/C18H16F2N2O3/c1-18(12-5-7-13(19)8-6-12)16(24)22(17(25)21-18)10-15(23)11-3-2-4-14(20)9-11/h2-9,15,23H,10H2,1H3,(H,21,25)/t15-,18-/m1/s1. The smallest absolute Gasteiger partial charge is 0.325 e. The molecule has 3 amide bonds. The number of hydrogen-bond donors (Lipinski definition) is 2. The quantitative estimate of drug-likeness (QED) is 0.836. The van der Waals surface area contributed by atoms with Crippen molar-refractivity contribution in [2.75, 3.05) is 6.54 Å². The number of rotatable bonds is 4. The zero-order chi connectivity index (χ0) is 18.2. The first kappa shape index (κ1) is 17.0. The van der Waals surface area contributed by atoms with Crippen molar-refractivity contribution in [3.8, 4) is 0 Å². The molecule has 1 heterocycles. The number of aliphatic hydroxyl groups is 1. The molecular formula is C18H16F2N2O3. The lowest BCUT2D eigenvalue weighted by Crippen LogP contribution is -2.41. The third-order valence-corrected chi connectivity index (χ3v) is 4.29. The lowest BCUT2D eigenvalue weighted by molar-refractivity contribution is -0.132. The van der Waals surface area contributed by atoms with E-state index in [0.29, 0.717) is 5.56 Å². The van der Waals surface area contributed by atoms with E-state index in [0.717, 1.165) is 11.0 Å². The van der Waals surface area contributed by atoms with Crippen molar-refractivity contribution in [1.82, 2.24) is 10.2 Å². The Morgan fingerprint density at radius 3 is 2.44 bits per heavy atom. The molecule has 130 valence electrons. The van der Waals surface area contributed by atoms with Crippen molar-refractivity contribution in [3.05, 3.63) is 71.3 Å². The van der Waals surface area contributed by atoms with Crippen LogP contribution in [0.5, 0.6) is 0 Å². The molecule has 0 aromatic heterocycles. The minimum absolute atomic E-state index is 0.260. The fourth-order valence-corrected chi connectivity index (χ4v) is 2.83. The first-order valence-corrected chi connectivity index (χ1v) is 7.65. The number of aliphatic hydroxyl groups excluding tert-OH is 1. The van der Waals surface area contributed by atoms with Gasteiger partial charge in [-0.1, -0.05) is 24.3 Å². The largest absolute Gasteiger partial charge is 0.387 e. The Morgan fingerprint density at radius 2 is 1.80 bits per heavy atom. The molecule has 1 aliphatic rings. The SMILES string of the molecule is C[C@]1(c2ccc(F)cc2)NC(=O)N(C[C@@H](O)c2cccc(F)c2)C1=O. The summed E-state index contributed by atoms with van der Waals surface area (Å²) in [6, 6.07) is 9.87. The van der Waals surface area contributed by atoms with Gasteiger partial charge in [-0.05, 0) is 42.3 Å². The van der Waals surface area contributed by atoms with E-state index in [1.54, 1.807) is 0 Å². The number of hydrogen-bond acceptors (Lipinski definition) is 3. The minimum atomic E-state index is -1.35. The number of β-amino-alcohol motifs (C(OH)–C–C–N with tert-alkyl or cyclic N) is 1. The zero-order valence-corrected chi connectivity index (χ0v) is 13.4. The van der Waals surface area contributed by atoms with Crippen LogP contribution in [-0.2, 0) is 10.3 Å². The van der Waals surface area contributed by atoms with E-state index in [-0.39, 0.29) is 12.1 Å². The molecule has 3 rings (SSSR count). The first-order chi connectivity index (χ1) is 11.8. The highest BCUT2D eigenvalue weighted by atomic mass is 19.1. The van der Waals surface area contributed by atoms with E-state index in [2.05, 4.69) is 5.32 Å². The molecule has 1 saturated heterocycles. The van der Waals surface area contributed by atoms with Gasteiger partial charge in [-0.2, -0.15) is 0 Å². The molecule has 1 aliphatic heterocycles. The second-order valence-electron chi connectivity index (χ2n) is 6.05. The summed E-state index contributed by atoms with van der Waals surface area (Å²) in [5, 5.41) is 12.8. The predicted octanol–water partition coefficient (Wildman–Crippen LogP) is 2.47. The summed E-state index contributed by atoms with van der Waals surface area (Å²) in [6.45, 7) is 1.19. The van der Waals surface area contributed by atoms with Crippen molar-refractivity contribution in [2.45, 2.75) is 18.6 Å². The van der Waals surface area contributed by atoms with Crippen molar-refractivity contribution in [2.24, 2.45) is 0 Å². The van der Waals surface area contributed by atoms with Crippen LogP contribution in [0, 0.1) is 11.6 Å². The summed E-state index contributed by atoms with van der Waals surface area (Å²) in [6.07, 6.45) is -1.22. The Bertz CT molecular complexity index is 825. The maximum atomic E-state index is 13.3. The van der Waals surface area contributed by atoms with Crippen LogP contribution in [0.1, 0.15) is 24.2 Å². The Balaban J connectivity index is 1.83. The maximum Gasteiger partial charge on any atom is 0.325 e. The predicted molar refractivity (Wildman–Crippen MR) is 85.4 cm³/mol. The highest BCUT2D eigenvalue weighted by Gasteiger charge is 2.49. The van der Waals surface area contributed by atoms with Gasteiger partial charge in [0.2, 0.25) is 0 Å². The van der Waals surface area contributed by atoms with Gasteiger partial charge < -0.3 is 10.4 Å². The molecule has 2 atom stereocenters. The molecule has 1 fully saturated rings. The number of nitrogens with one attached hydrogen (secondary N) is 1. The fraction of sp³-hybridized carbons (Fsp3) is 0.222. The highest BCUT2D eigenvalue weighted by Crippen LogP contribution is 2.30. The van der Waals surface area contributed by atoms with Crippen LogP contribution >= 0.6 is 0 Å². The molecule has 2 aromatic carbocycles. The second-order valence-corrected chi connectivity index (χ2v) is 6.05. The Morgan fingerprint density at radius 1 is 1.12 bits per heavy atom. The summed E-state index contributed by atoms with van der Waals surface area (Å²) < 4.78 is 26.4. The van der Waals surface area contributed by atoms with Gasteiger partial charge in [0.1, 0.15) is 17.2 Å². The number of benzene rings is 2. The van der Waals surface area contributed by atoms with E-state index < -0.39 is 35.2 Å². The zero-order valence-electron chi connectivity index (χ0n) is 13.4. The van der Waals surface area contributed by atoms with Crippen molar-refractivity contribution in [1.29, 1.82) is 0 Å². The molecule has 7 heteroatoms. The number of nitrogens with zero attached hydrogens (tertiary/aromatic N) is 1. The van der Waals surface area contributed by atoms with E-state index >= 15 is 0 Å². The molecular weight excluding hydrogens is 330 g/mol. The summed E-state index contributed by atoms with van der Waals surface area (Å²) in [5.74, 6) is -1.55. The number of carbonyl (C=O) groups is 2. The summed E-state index contributed by atoms with van der Waals surface area (Å²) in [5.41, 5.74) is -0.669. The van der Waals surface area contributed by atoms with Crippen LogP contribution < -0.4 is 5.32 Å². The third kappa shape index (κ3) is 3.10. The van der Waals surface area contributed by atoms with Crippen LogP contribution in [0.15, 0.2) is 48.5 Å². The van der Waals surface area contributed by atoms with Crippen molar-refractivity contribution < 1.29 is 23.5 Å². The van der Waals surface area contributed by atoms with E-state index in [1.165, 1.54) is 49.4 Å². The third-order valence-electron chi connectivity index (χ3n) is 4.29. The van der Waals surface area contributed by atoms with Gasteiger partial charge >= 0.3 is 6.03 Å². The highest BCUT2D eigenvalue weighted by molar-refractivity contribution is 6.07. The molecule has 2 N–H and O–H groups in total. The van der Waals surface area contributed by atoms with Crippen molar-refractivity contribution in [3.63, 3.8) is 0 Å². The van der Waals surface area contributed by atoms with Crippen LogP contribution in [-0.4, -0.2) is 28.5 Å². The van der Waals surface area contributed by atoms with E-state index in [1.807, 2.05) is 0 Å². The van der Waals surface area contributed by atoms with Crippen LogP contribution in [0.3, 0.4) is 0 Å². The Kier molecular flexibility index (Phi) is 4.26. The molecule has 5 nitrogen and oxygen atoms in total. The number of urea groups is 1. The molecule has 0 unspecified atom stereocenters. The molecule has 0 spiro atoms. The molecule has 0 bridgehead atoms. The van der Waals surface area contributed by atoms with Crippen molar-refractivity contribution >= 4 is 11.9 Å². The van der Waals surface area contributed by atoms with E-state index in [9.17, 15) is 23.5 Å². The van der Waals surface area contributed by atoms with Gasteiger partial charge in [0.25, 0.3) is 5.91 Å². The fourth-order valence-electron chi connectivity index (χ4n) is 2.83. The molecule has 25 heavy (non-hydrogen) atoms. The molecule has 0 radical (unpaired) electrons. The number of halogens is 2. The first-order valence-electron chi connectivity index (χ1n) is 7.65. The topological polar surface area (TPSA) is 69.6 Å². The van der Waals surface area contributed by atoms with Gasteiger partial charge in [0.15, 0.2) is 0 Å². The average molecular weight is 346 g/mol. The number of amides is 3. The molecule has 0 aliphatic carbocycles. The minimum Gasteiger partial charge on any atom is -0.387 e. The van der Waals surface area contributed by atoms with E-state index in [4.69, 9.17) is 0 Å². The number of carbonyl (C=O) groups excluding carboxylic acids is 2. The van der Waals surface area contributed by atoms with Gasteiger partial charge in [0.05, 0.1) is 12.6 Å². The molecule has 2 aromatic rings. The summed E-state index contributed by atoms with van der Waals surface area (Å²) in [7, 11) is 0. The summed E-state index contributed by atoms with van der Waals surface area (Å²) >= 11 is 0. The van der Waals surface area contributed by atoms with Crippen LogP contribution in [0.2, 0.25) is 0 Å². The monoisotopic (exact) mass is 346 g/mol.